The molecule has 1 atom stereocenters. The molecule has 1 aromatic carbocycles. The van der Waals surface area contributed by atoms with Crippen molar-refractivity contribution in [1.29, 1.82) is 0 Å². The third kappa shape index (κ3) is 4.35. The van der Waals surface area contributed by atoms with Gasteiger partial charge in [0.2, 0.25) is 11.8 Å². The van der Waals surface area contributed by atoms with Gasteiger partial charge in [0.05, 0.1) is 6.04 Å². The Morgan fingerprint density at radius 2 is 1.80 bits per heavy atom. The average Bonchev–Trinajstić information content (AvgIpc) is 2.43. The van der Waals surface area contributed by atoms with Crippen LogP contribution in [0.4, 0.5) is 11.4 Å². The fourth-order valence-corrected chi connectivity index (χ4v) is 1.81. The van der Waals surface area contributed by atoms with E-state index in [1.807, 2.05) is 19.9 Å². The molecule has 0 fully saturated rings. The number of carbonyl (C=O) groups is 2. The number of hydrogen-bond acceptors (Lipinski definition) is 3. The maximum absolute atomic E-state index is 11.9. The van der Waals surface area contributed by atoms with E-state index in [0.29, 0.717) is 24.2 Å². The monoisotopic (exact) mass is 277 g/mol. The molecule has 20 heavy (non-hydrogen) atoms. The van der Waals surface area contributed by atoms with E-state index in [2.05, 4.69) is 10.6 Å². The minimum absolute atomic E-state index is 0.0562. The van der Waals surface area contributed by atoms with Gasteiger partial charge in [-0.2, -0.15) is 0 Å². The van der Waals surface area contributed by atoms with E-state index in [-0.39, 0.29) is 11.8 Å². The number of rotatable bonds is 6. The van der Waals surface area contributed by atoms with Gasteiger partial charge < -0.3 is 16.4 Å². The summed E-state index contributed by atoms with van der Waals surface area (Å²) >= 11 is 0. The molecule has 1 rings (SSSR count). The lowest BCUT2D eigenvalue weighted by Crippen LogP contribution is -2.35. The average molecular weight is 277 g/mol. The van der Waals surface area contributed by atoms with Crippen LogP contribution in [0.5, 0.6) is 0 Å². The van der Waals surface area contributed by atoms with Crippen LogP contribution in [-0.4, -0.2) is 17.9 Å². The number of nitrogens with two attached hydrogens (primary N) is 1. The standard InChI is InChI=1S/C15H23N3O2/c1-4-7-11(16)15(20)18-13-9-6-8-12(10(13)3)17-14(19)5-2/h6,8-9,11H,4-5,7,16H2,1-3H3,(H,17,19)(H,18,20). The van der Waals surface area contributed by atoms with Crippen molar-refractivity contribution in [2.45, 2.75) is 46.1 Å². The Hall–Kier alpha value is -1.88. The largest absolute Gasteiger partial charge is 0.326 e. The molecule has 1 aromatic rings. The highest BCUT2D eigenvalue weighted by Gasteiger charge is 2.14. The number of amides is 2. The molecular weight excluding hydrogens is 254 g/mol. The third-order valence-corrected chi connectivity index (χ3v) is 3.12. The van der Waals surface area contributed by atoms with Crippen molar-refractivity contribution in [2.75, 3.05) is 10.6 Å². The number of carbonyl (C=O) groups excluding carboxylic acids is 2. The van der Waals surface area contributed by atoms with Gasteiger partial charge in [0, 0.05) is 17.8 Å². The van der Waals surface area contributed by atoms with Crippen molar-refractivity contribution in [3.8, 4) is 0 Å². The van der Waals surface area contributed by atoms with E-state index in [9.17, 15) is 9.59 Å². The summed E-state index contributed by atoms with van der Waals surface area (Å²) in [6.45, 7) is 5.63. The Labute approximate surface area is 119 Å². The molecule has 5 heteroatoms. The molecule has 0 aromatic heterocycles. The molecule has 0 saturated heterocycles. The topological polar surface area (TPSA) is 84.2 Å². The molecule has 0 heterocycles. The highest BCUT2D eigenvalue weighted by Crippen LogP contribution is 2.23. The van der Waals surface area contributed by atoms with Crippen molar-refractivity contribution in [1.82, 2.24) is 0 Å². The lowest BCUT2D eigenvalue weighted by molar-refractivity contribution is -0.117. The summed E-state index contributed by atoms with van der Waals surface area (Å²) in [7, 11) is 0. The Bertz CT molecular complexity index is 486. The summed E-state index contributed by atoms with van der Waals surface area (Å²) in [5.41, 5.74) is 7.99. The zero-order valence-corrected chi connectivity index (χ0v) is 12.3. The Morgan fingerprint density at radius 1 is 1.20 bits per heavy atom. The zero-order valence-electron chi connectivity index (χ0n) is 12.3. The van der Waals surface area contributed by atoms with Crippen molar-refractivity contribution in [3.05, 3.63) is 23.8 Å². The highest BCUT2D eigenvalue weighted by atomic mass is 16.2. The first-order valence-electron chi connectivity index (χ1n) is 6.95. The first-order valence-corrected chi connectivity index (χ1v) is 6.95. The number of anilines is 2. The molecule has 4 N–H and O–H groups in total. The quantitative estimate of drug-likeness (QED) is 0.746. The molecule has 0 radical (unpaired) electrons. The van der Waals surface area contributed by atoms with E-state index in [1.165, 1.54) is 0 Å². The molecule has 1 unspecified atom stereocenters. The molecule has 0 spiro atoms. The fraction of sp³-hybridized carbons (Fsp3) is 0.467. The van der Waals surface area contributed by atoms with Crippen LogP contribution in [0.1, 0.15) is 38.7 Å². The van der Waals surface area contributed by atoms with Gasteiger partial charge in [0.1, 0.15) is 0 Å². The van der Waals surface area contributed by atoms with Crippen LogP contribution >= 0.6 is 0 Å². The lowest BCUT2D eigenvalue weighted by Gasteiger charge is -2.15. The van der Waals surface area contributed by atoms with Gasteiger partial charge in [-0.15, -0.1) is 0 Å². The molecule has 0 bridgehead atoms. The first kappa shape index (κ1) is 16.2. The molecule has 0 saturated carbocycles. The highest BCUT2D eigenvalue weighted by molar-refractivity contribution is 5.97. The van der Waals surface area contributed by atoms with Gasteiger partial charge in [-0.25, -0.2) is 0 Å². The van der Waals surface area contributed by atoms with Crippen LogP contribution in [0.3, 0.4) is 0 Å². The molecule has 2 amide bonds. The maximum atomic E-state index is 11.9. The predicted octanol–water partition coefficient (Wildman–Crippen LogP) is 2.41. The van der Waals surface area contributed by atoms with E-state index in [1.54, 1.807) is 19.1 Å². The second-order valence-electron chi connectivity index (χ2n) is 4.76. The van der Waals surface area contributed by atoms with Crippen LogP contribution in [0.25, 0.3) is 0 Å². The zero-order chi connectivity index (χ0) is 15.1. The Balaban J connectivity index is 2.83. The van der Waals surface area contributed by atoms with E-state index < -0.39 is 6.04 Å². The van der Waals surface area contributed by atoms with Crippen LogP contribution in [-0.2, 0) is 9.59 Å². The van der Waals surface area contributed by atoms with Crippen LogP contribution in [0, 0.1) is 6.92 Å². The smallest absolute Gasteiger partial charge is 0.241 e. The number of hydrogen-bond donors (Lipinski definition) is 3. The predicted molar refractivity (Wildman–Crippen MR) is 81.6 cm³/mol. The van der Waals surface area contributed by atoms with Gasteiger partial charge in [0.25, 0.3) is 0 Å². The van der Waals surface area contributed by atoms with Gasteiger partial charge in [-0.3, -0.25) is 9.59 Å². The molecule has 5 nitrogen and oxygen atoms in total. The minimum Gasteiger partial charge on any atom is -0.326 e. The minimum atomic E-state index is -0.506. The summed E-state index contributed by atoms with van der Waals surface area (Å²) in [5.74, 6) is -0.256. The summed E-state index contributed by atoms with van der Waals surface area (Å²) in [6, 6.07) is 4.89. The van der Waals surface area contributed by atoms with Crippen molar-refractivity contribution >= 4 is 23.2 Å². The third-order valence-electron chi connectivity index (χ3n) is 3.12. The van der Waals surface area contributed by atoms with E-state index in [4.69, 9.17) is 5.73 Å². The lowest BCUT2D eigenvalue weighted by atomic mass is 10.1. The van der Waals surface area contributed by atoms with Crippen LogP contribution < -0.4 is 16.4 Å². The molecule has 0 aliphatic rings. The molecule has 110 valence electrons. The van der Waals surface area contributed by atoms with Gasteiger partial charge in [-0.1, -0.05) is 26.3 Å². The summed E-state index contributed by atoms with van der Waals surface area (Å²) in [4.78, 5) is 23.4. The summed E-state index contributed by atoms with van der Waals surface area (Å²) < 4.78 is 0. The number of nitrogens with one attached hydrogen (secondary N) is 2. The molecular formula is C15H23N3O2. The molecule has 0 aliphatic carbocycles. The second kappa shape index (κ2) is 7.65. The maximum Gasteiger partial charge on any atom is 0.241 e. The Kier molecular flexibility index (Phi) is 6.18. The Morgan fingerprint density at radius 3 is 2.35 bits per heavy atom. The van der Waals surface area contributed by atoms with E-state index >= 15 is 0 Å². The second-order valence-corrected chi connectivity index (χ2v) is 4.76. The molecule has 0 aliphatic heterocycles. The SMILES string of the molecule is CCCC(N)C(=O)Nc1cccc(NC(=O)CC)c1C. The first-order chi connectivity index (χ1) is 9.49. The summed E-state index contributed by atoms with van der Waals surface area (Å²) in [5, 5.41) is 5.62. The van der Waals surface area contributed by atoms with Gasteiger partial charge >= 0.3 is 0 Å². The van der Waals surface area contributed by atoms with Crippen molar-refractivity contribution in [2.24, 2.45) is 5.73 Å². The summed E-state index contributed by atoms with van der Waals surface area (Å²) in [6.07, 6.45) is 1.93. The van der Waals surface area contributed by atoms with Gasteiger partial charge in [0.15, 0.2) is 0 Å². The number of benzene rings is 1. The van der Waals surface area contributed by atoms with Gasteiger partial charge in [-0.05, 0) is 31.0 Å². The van der Waals surface area contributed by atoms with Crippen LogP contribution in [0.2, 0.25) is 0 Å². The van der Waals surface area contributed by atoms with Crippen molar-refractivity contribution in [3.63, 3.8) is 0 Å². The van der Waals surface area contributed by atoms with Crippen molar-refractivity contribution < 1.29 is 9.59 Å². The van der Waals surface area contributed by atoms with Crippen LogP contribution in [0.15, 0.2) is 18.2 Å². The normalized spacial score (nSPS) is 11.8. The fourth-order valence-electron chi connectivity index (χ4n) is 1.81. The van der Waals surface area contributed by atoms with E-state index in [0.717, 1.165) is 12.0 Å².